The molecular weight excluding hydrogens is 216 g/mol. The molecule has 0 spiro atoms. The molecule has 0 unspecified atom stereocenters. The van der Waals surface area contributed by atoms with E-state index in [1.165, 1.54) is 0 Å². The molecule has 88 valence electrons. The second kappa shape index (κ2) is 4.78. The minimum absolute atomic E-state index is 0.109. The van der Waals surface area contributed by atoms with Gasteiger partial charge in [0.05, 0.1) is 18.5 Å². The van der Waals surface area contributed by atoms with E-state index in [1.807, 2.05) is 0 Å². The van der Waals surface area contributed by atoms with Crippen LogP contribution < -0.4 is 4.72 Å². The summed E-state index contributed by atoms with van der Waals surface area (Å²) in [5, 5.41) is -0.109. The molecular formula is C9H18N2O3S. The maximum absolute atomic E-state index is 11.5. The predicted octanol–water partition coefficient (Wildman–Crippen LogP) is -0.600. The molecule has 0 aromatic carbocycles. The van der Waals surface area contributed by atoms with Gasteiger partial charge < -0.3 is 4.74 Å². The van der Waals surface area contributed by atoms with Crippen molar-refractivity contribution in [2.24, 2.45) is 0 Å². The van der Waals surface area contributed by atoms with Crippen LogP contribution in [-0.4, -0.2) is 58.0 Å². The number of hydrogen-bond acceptors (Lipinski definition) is 4. The van der Waals surface area contributed by atoms with Gasteiger partial charge in [-0.05, 0) is 12.8 Å². The van der Waals surface area contributed by atoms with E-state index in [-0.39, 0.29) is 5.25 Å². The van der Waals surface area contributed by atoms with Gasteiger partial charge in [0.1, 0.15) is 0 Å². The van der Waals surface area contributed by atoms with Crippen LogP contribution >= 0.6 is 0 Å². The Bertz CT molecular complexity index is 294. The predicted molar refractivity (Wildman–Crippen MR) is 57.2 cm³/mol. The van der Waals surface area contributed by atoms with Gasteiger partial charge >= 0.3 is 0 Å². The van der Waals surface area contributed by atoms with E-state index in [1.54, 1.807) is 0 Å². The normalized spacial score (nSPS) is 24.3. The Morgan fingerprint density at radius 2 is 1.93 bits per heavy atom. The maximum atomic E-state index is 11.5. The highest BCUT2D eigenvalue weighted by Gasteiger charge is 2.35. The number of sulfonamides is 1. The molecule has 1 aliphatic heterocycles. The fourth-order valence-electron chi connectivity index (χ4n) is 1.67. The Kier molecular flexibility index (Phi) is 3.60. The minimum atomic E-state index is -3.00. The summed E-state index contributed by atoms with van der Waals surface area (Å²) in [6.45, 7) is 4.65. The second-order valence-electron chi connectivity index (χ2n) is 4.09. The molecule has 2 fully saturated rings. The molecule has 1 saturated heterocycles. The fourth-order valence-corrected chi connectivity index (χ4v) is 3.04. The van der Waals surface area contributed by atoms with E-state index in [0.717, 1.165) is 45.7 Å². The van der Waals surface area contributed by atoms with Crippen molar-refractivity contribution in [1.82, 2.24) is 9.62 Å². The molecule has 5 nitrogen and oxygen atoms in total. The second-order valence-corrected chi connectivity index (χ2v) is 6.14. The lowest BCUT2D eigenvalue weighted by molar-refractivity contribution is 0.0390. The van der Waals surface area contributed by atoms with Crippen molar-refractivity contribution in [2.45, 2.75) is 18.1 Å². The Labute approximate surface area is 90.8 Å². The van der Waals surface area contributed by atoms with Gasteiger partial charge in [0.15, 0.2) is 0 Å². The summed E-state index contributed by atoms with van der Waals surface area (Å²) in [6.07, 6.45) is 1.65. The van der Waals surface area contributed by atoms with Crippen LogP contribution in [0, 0.1) is 0 Å². The van der Waals surface area contributed by atoms with Crippen LogP contribution in [0.2, 0.25) is 0 Å². The SMILES string of the molecule is O=S(=O)(NCCN1CCOCC1)C1CC1. The zero-order valence-corrected chi connectivity index (χ0v) is 9.63. The molecule has 0 amide bonds. The third-order valence-corrected chi connectivity index (χ3v) is 4.75. The first-order valence-electron chi connectivity index (χ1n) is 5.47. The molecule has 0 aromatic rings. The van der Waals surface area contributed by atoms with Gasteiger partial charge in [0.25, 0.3) is 0 Å². The molecule has 6 heteroatoms. The molecule has 2 rings (SSSR count). The van der Waals surface area contributed by atoms with Crippen molar-refractivity contribution in [3.63, 3.8) is 0 Å². The van der Waals surface area contributed by atoms with Crippen LogP contribution in [0.3, 0.4) is 0 Å². The average Bonchev–Trinajstić information content (AvgIpc) is 3.02. The molecule has 2 aliphatic rings. The number of morpholine rings is 1. The number of hydrogen-bond donors (Lipinski definition) is 1. The van der Waals surface area contributed by atoms with Crippen molar-refractivity contribution in [3.05, 3.63) is 0 Å². The monoisotopic (exact) mass is 234 g/mol. The van der Waals surface area contributed by atoms with E-state index in [0.29, 0.717) is 6.54 Å². The van der Waals surface area contributed by atoms with Crippen LogP contribution in [0.25, 0.3) is 0 Å². The first-order valence-corrected chi connectivity index (χ1v) is 7.02. The average molecular weight is 234 g/mol. The van der Waals surface area contributed by atoms with Crippen molar-refractivity contribution < 1.29 is 13.2 Å². The largest absolute Gasteiger partial charge is 0.379 e. The molecule has 1 saturated carbocycles. The van der Waals surface area contributed by atoms with Crippen molar-refractivity contribution in [2.75, 3.05) is 39.4 Å². The molecule has 1 heterocycles. The number of nitrogens with one attached hydrogen (secondary N) is 1. The Morgan fingerprint density at radius 3 is 2.53 bits per heavy atom. The molecule has 1 aliphatic carbocycles. The number of nitrogens with zero attached hydrogens (tertiary/aromatic N) is 1. The van der Waals surface area contributed by atoms with Gasteiger partial charge in [0, 0.05) is 26.2 Å². The molecule has 1 N–H and O–H groups in total. The van der Waals surface area contributed by atoms with E-state index in [9.17, 15) is 8.42 Å². The summed E-state index contributed by atoms with van der Waals surface area (Å²) in [5.74, 6) is 0. The first kappa shape index (κ1) is 11.3. The van der Waals surface area contributed by atoms with Crippen LogP contribution in [0.1, 0.15) is 12.8 Å². The van der Waals surface area contributed by atoms with E-state index < -0.39 is 10.0 Å². The topological polar surface area (TPSA) is 58.6 Å². The highest BCUT2D eigenvalue weighted by molar-refractivity contribution is 7.90. The van der Waals surface area contributed by atoms with Gasteiger partial charge in [0.2, 0.25) is 10.0 Å². The molecule has 0 atom stereocenters. The summed E-state index contributed by atoms with van der Waals surface area (Å²) in [4.78, 5) is 2.22. The van der Waals surface area contributed by atoms with Gasteiger partial charge in [-0.25, -0.2) is 13.1 Å². The lowest BCUT2D eigenvalue weighted by Crippen LogP contribution is -2.41. The van der Waals surface area contributed by atoms with Crippen LogP contribution in [-0.2, 0) is 14.8 Å². The van der Waals surface area contributed by atoms with Crippen molar-refractivity contribution >= 4 is 10.0 Å². The summed E-state index contributed by atoms with van der Waals surface area (Å²) < 4.78 is 30.8. The van der Waals surface area contributed by atoms with E-state index in [4.69, 9.17) is 4.74 Å². The molecule has 15 heavy (non-hydrogen) atoms. The quantitative estimate of drug-likeness (QED) is 0.690. The van der Waals surface area contributed by atoms with E-state index in [2.05, 4.69) is 9.62 Å². The smallest absolute Gasteiger partial charge is 0.214 e. The lowest BCUT2D eigenvalue weighted by atomic mass is 10.4. The van der Waals surface area contributed by atoms with Crippen LogP contribution in [0.5, 0.6) is 0 Å². The Morgan fingerprint density at radius 1 is 1.27 bits per heavy atom. The molecule has 0 bridgehead atoms. The van der Waals surface area contributed by atoms with Crippen molar-refractivity contribution in [1.29, 1.82) is 0 Å². The zero-order chi connectivity index (χ0) is 10.7. The fraction of sp³-hybridized carbons (Fsp3) is 1.00. The van der Waals surface area contributed by atoms with Crippen LogP contribution in [0.15, 0.2) is 0 Å². The Hall–Kier alpha value is -0.170. The highest BCUT2D eigenvalue weighted by Crippen LogP contribution is 2.27. The summed E-state index contributed by atoms with van der Waals surface area (Å²) in [6, 6.07) is 0. The van der Waals surface area contributed by atoms with Crippen LogP contribution in [0.4, 0.5) is 0 Å². The summed E-state index contributed by atoms with van der Waals surface area (Å²) >= 11 is 0. The standard InChI is InChI=1S/C9H18N2O3S/c12-15(13,9-1-2-9)10-3-4-11-5-7-14-8-6-11/h9-10H,1-8H2. The van der Waals surface area contributed by atoms with Gasteiger partial charge in [-0.15, -0.1) is 0 Å². The van der Waals surface area contributed by atoms with E-state index >= 15 is 0 Å². The highest BCUT2D eigenvalue weighted by atomic mass is 32.2. The zero-order valence-electron chi connectivity index (χ0n) is 8.81. The number of ether oxygens (including phenoxy) is 1. The first-order chi connectivity index (χ1) is 7.18. The minimum Gasteiger partial charge on any atom is -0.379 e. The summed E-state index contributed by atoms with van der Waals surface area (Å²) in [7, 11) is -3.00. The third-order valence-electron chi connectivity index (χ3n) is 2.80. The molecule has 0 radical (unpaired) electrons. The third kappa shape index (κ3) is 3.41. The Balaban J connectivity index is 1.65. The number of rotatable bonds is 5. The van der Waals surface area contributed by atoms with Crippen molar-refractivity contribution in [3.8, 4) is 0 Å². The van der Waals surface area contributed by atoms with Gasteiger partial charge in [-0.2, -0.15) is 0 Å². The molecule has 0 aromatic heterocycles. The summed E-state index contributed by atoms with van der Waals surface area (Å²) in [5.41, 5.74) is 0. The maximum Gasteiger partial charge on any atom is 0.214 e. The van der Waals surface area contributed by atoms with Gasteiger partial charge in [-0.3, -0.25) is 4.90 Å². The van der Waals surface area contributed by atoms with Gasteiger partial charge in [-0.1, -0.05) is 0 Å². The lowest BCUT2D eigenvalue weighted by Gasteiger charge is -2.26.